The third-order valence-corrected chi connectivity index (χ3v) is 14.8. The quantitative estimate of drug-likeness (QED) is 0.0845. The number of carbonyl (C=O) groups is 2. The van der Waals surface area contributed by atoms with Gasteiger partial charge in [-0.25, -0.2) is 9.69 Å². The number of nitrogens with zero attached hydrogens (tertiary/aromatic N) is 6. The summed E-state index contributed by atoms with van der Waals surface area (Å²) < 4.78 is 31.7. The predicted octanol–water partition coefficient (Wildman–Crippen LogP) is 10.9. The van der Waals surface area contributed by atoms with Crippen LogP contribution in [0.5, 0.6) is 0 Å². The summed E-state index contributed by atoms with van der Waals surface area (Å²) in [7, 11) is -2.17. The van der Waals surface area contributed by atoms with Gasteiger partial charge in [0, 0.05) is 90.6 Å². The van der Waals surface area contributed by atoms with E-state index in [2.05, 4.69) is 40.7 Å². The molecule has 1 saturated heterocycles. The molecule has 18 heteroatoms. The molecule has 2 fully saturated rings. The number of halogens is 2. The second kappa shape index (κ2) is 21.1. The number of hydrogen-bond acceptors (Lipinski definition) is 9. The van der Waals surface area contributed by atoms with Crippen molar-refractivity contribution in [1.29, 1.82) is 0 Å². The monoisotopic (exact) mass is 986 g/mol. The van der Waals surface area contributed by atoms with Crippen molar-refractivity contribution in [3.8, 4) is 22.3 Å². The third kappa shape index (κ3) is 10.7. The molecule has 0 spiro atoms. The van der Waals surface area contributed by atoms with Crippen molar-refractivity contribution in [2.45, 2.75) is 76.8 Å². The van der Waals surface area contributed by atoms with Gasteiger partial charge in [0.15, 0.2) is 11.4 Å². The van der Waals surface area contributed by atoms with Crippen molar-refractivity contribution in [3.63, 3.8) is 0 Å². The van der Waals surface area contributed by atoms with Crippen LogP contribution in [0, 0.1) is 39.8 Å². The number of aryl methyl sites for hydroxylation is 3. The van der Waals surface area contributed by atoms with Crippen molar-refractivity contribution in [2.75, 3.05) is 31.6 Å². The van der Waals surface area contributed by atoms with Crippen molar-refractivity contribution >= 4 is 89.7 Å². The summed E-state index contributed by atoms with van der Waals surface area (Å²) >= 11 is 12.7. The van der Waals surface area contributed by atoms with Crippen LogP contribution in [0.2, 0.25) is 10.0 Å². The number of pyridine rings is 2. The lowest BCUT2D eigenvalue weighted by Crippen LogP contribution is -2.28. The predicted molar refractivity (Wildman–Crippen MR) is 273 cm³/mol. The van der Waals surface area contributed by atoms with Gasteiger partial charge in [0.25, 0.3) is 10.1 Å². The van der Waals surface area contributed by atoms with E-state index in [0.717, 1.165) is 73.7 Å². The molecular weight excluding hydrogens is 936 g/mol. The lowest BCUT2D eigenvalue weighted by molar-refractivity contribution is -0.130. The maximum atomic E-state index is 12.1. The molecule has 3 atom stereocenters. The van der Waals surface area contributed by atoms with Crippen molar-refractivity contribution in [2.24, 2.45) is 5.92 Å². The standard InChI is InChI=1S/C22H22ClN5O.C15H11ClN4.C14H19NO4S/c1-4-21(29)27-6-5-14(11-27)28-12-17(16-9-26-10-18(24)22(16)23)15-8-19(25-3)13(2)7-20(15)28;1-8-3-14-9(4-13(8)18-2)10(6-20-14)11-5-19-7-12(17)15(11)16;1-10-3-7-13(8-4-10)20(17,18)19-12-6-5-11(9-12)14(16)15-2/h7-10,12,14H,4-6,11,24H2,1-2H3;3-7,20H,17H2,1H3;3-4,7-8,11-12H,5-6,9H2,1-2H3,(H,15,16). The summed E-state index contributed by atoms with van der Waals surface area (Å²) in [6, 6.07) is 14.5. The number of nitrogen functional groups attached to an aromatic ring is 2. The average molecular weight is 988 g/mol. The fraction of sp³-hybridized carbons (Fsp3) is 0.294. The molecule has 7 aromatic rings. The molecule has 69 heavy (non-hydrogen) atoms. The number of H-pyrrole nitrogens is 1. The van der Waals surface area contributed by atoms with Gasteiger partial charge in [-0.2, -0.15) is 8.42 Å². The van der Waals surface area contributed by atoms with Crippen LogP contribution in [-0.4, -0.2) is 70.9 Å². The molecule has 15 nitrogen and oxygen atoms in total. The Kier molecular flexibility index (Phi) is 15.3. The van der Waals surface area contributed by atoms with E-state index in [4.69, 9.17) is 52.0 Å². The molecule has 3 aromatic carbocycles. The van der Waals surface area contributed by atoms with Crippen molar-refractivity contribution in [1.82, 2.24) is 29.7 Å². The number of nitrogens with one attached hydrogen (secondary N) is 2. The Morgan fingerprint density at radius 1 is 0.855 bits per heavy atom. The lowest BCUT2D eigenvalue weighted by atomic mass is 10.0. The first-order valence-corrected chi connectivity index (χ1v) is 24.4. The highest BCUT2D eigenvalue weighted by Gasteiger charge is 2.34. The number of fused-ring (bicyclic) bond motifs is 2. The van der Waals surface area contributed by atoms with Gasteiger partial charge < -0.3 is 31.2 Å². The number of hydrogen-bond donors (Lipinski definition) is 4. The van der Waals surface area contributed by atoms with E-state index in [-0.39, 0.29) is 28.7 Å². The molecule has 1 saturated carbocycles. The average Bonchev–Trinajstić information content (AvgIpc) is 4.17. The highest BCUT2D eigenvalue weighted by molar-refractivity contribution is 7.86. The highest BCUT2D eigenvalue weighted by Crippen LogP contribution is 2.42. The van der Waals surface area contributed by atoms with Crippen LogP contribution in [-0.2, 0) is 23.9 Å². The van der Waals surface area contributed by atoms with Crippen molar-refractivity contribution in [3.05, 3.63) is 135 Å². The molecule has 1 aliphatic carbocycles. The zero-order chi connectivity index (χ0) is 49.7. The molecular formula is C51H52Cl2N10O5S. The Bertz CT molecular complexity index is 3280. The van der Waals surface area contributed by atoms with Crippen LogP contribution in [0.15, 0.2) is 90.6 Å². The van der Waals surface area contributed by atoms with Gasteiger partial charge in [-0.3, -0.25) is 23.7 Å². The Balaban J connectivity index is 0.000000157. The van der Waals surface area contributed by atoms with E-state index < -0.39 is 16.2 Å². The van der Waals surface area contributed by atoms with Gasteiger partial charge in [0.2, 0.25) is 11.8 Å². The molecule has 0 radical (unpaired) electrons. The number of rotatable bonds is 8. The topological polar surface area (TPSA) is 200 Å². The molecule has 3 unspecified atom stereocenters. The van der Waals surface area contributed by atoms with Gasteiger partial charge in [0.05, 0.1) is 64.0 Å². The van der Waals surface area contributed by atoms with E-state index in [1.165, 1.54) is 24.5 Å². The minimum Gasteiger partial charge on any atom is -0.396 e. The first kappa shape index (κ1) is 49.9. The molecule has 2 aliphatic rings. The second-order valence-electron chi connectivity index (χ2n) is 17.1. The van der Waals surface area contributed by atoms with Crippen LogP contribution in [0.1, 0.15) is 61.8 Å². The number of aromatic amines is 1. The van der Waals surface area contributed by atoms with E-state index in [9.17, 15) is 18.0 Å². The van der Waals surface area contributed by atoms with Crippen LogP contribution in [0.3, 0.4) is 0 Å². The number of anilines is 2. The van der Waals surface area contributed by atoms with Gasteiger partial charge in [-0.15, -0.1) is 0 Å². The van der Waals surface area contributed by atoms with E-state index in [0.29, 0.717) is 65.0 Å². The summed E-state index contributed by atoms with van der Waals surface area (Å²) in [6.45, 7) is 23.8. The van der Waals surface area contributed by atoms with Crippen molar-refractivity contribution < 1.29 is 22.2 Å². The fourth-order valence-corrected chi connectivity index (χ4v) is 10.3. The van der Waals surface area contributed by atoms with Crippen LogP contribution in [0.4, 0.5) is 22.7 Å². The minimum atomic E-state index is -3.75. The Labute approximate surface area is 411 Å². The number of carbonyl (C=O) groups excluding carboxylic acids is 2. The van der Waals surface area contributed by atoms with Gasteiger partial charge in [-0.1, -0.05) is 47.8 Å². The molecule has 4 aromatic heterocycles. The fourth-order valence-electron chi connectivity index (χ4n) is 8.76. The molecule has 356 valence electrons. The van der Waals surface area contributed by atoms with Gasteiger partial charge in [-0.05, 0) is 105 Å². The summed E-state index contributed by atoms with van der Waals surface area (Å²) in [4.78, 5) is 44.4. The second-order valence-corrected chi connectivity index (χ2v) is 19.5. The first-order chi connectivity index (χ1) is 33.0. The van der Waals surface area contributed by atoms with Gasteiger partial charge >= 0.3 is 0 Å². The first-order valence-electron chi connectivity index (χ1n) is 22.3. The summed E-state index contributed by atoms with van der Waals surface area (Å²) in [5.74, 6) is -0.0270. The molecule has 9 rings (SSSR count). The van der Waals surface area contributed by atoms with Gasteiger partial charge in [0.1, 0.15) is 0 Å². The molecule has 6 N–H and O–H groups in total. The molecule has 2 amide bonds. The zero-order valence-electron chi connectivity index (χ0n) is 38.8. The number of aromatic nitrogens is 4. The number of amides is 2. The zero-order valence-corrected chi connectivity index (χ0v) is 41.1. The smallest absolute Gasteiger partial charge is 0.297 e. The minimum absolute atomic E-state index is 0.0520. The molecule has 5 heterocycles. The normalized spacial score (nSPS) is 16.5. The number of nitrogens with two attached hydrogens (primary N) is 2. The maximum absolute atomic E-state index is 12.1. The Morgan fingerprint density at radius 2 is 1.46 bits per heavy atom. The van der Waals surface area contributed by atoms with Crippen LogP contribution >= 0.6 is 23.2 Å². The maximum Gasteiger partial charge on any atom is 0.297 e. The van der Waals surface area contributed by atoms with E-state index >= 15 is 0 Å². The SMILES string of the molecule is CNC(=O)C1CCC(OS(=O)(=O)c2ccc(C)cc2)C1.[C-]#[N+]c1cc2c(-c3cncc(N)c3Cl)c[nH]c2cc1C.[C-]#[N+]c1cc2c(-c3cncc(N)c3Cl)cn(C3CCN(C(=O)CC)C3)c2cc1C. The van der Waals surface area contributed by atoms with E-state index in [1.54, 1.807) is 31.6 Å². The molecule has 1 aliphatic heterocycles. The number of likely N-dealkylation sites (tertiary alicyclic amines) is 1. The van der Waals surface area contributed by atoms with Crippen LogP contribution in [0.25, 0.3) is 53.7 Å². The third-order valence-electron chi connectivity index (χ3n) is 12.6. The largest absolute Gasteiger partial charge is 0.396 e. The van der Waals surface area contributed by atoms with E-state index in [1.807, 2.05) is 63.1 Å². The Hall–Kier alpha value is -6.95. The summed E-state index contributed by atoms with van der Waals surface area (Å²) in [6.07, 6.45) is 13.1. The summed E-state index contributed by atoms with van der Waals surface area (Å²) in [5.41, 5.74) is 22.0. The van der Waals surface area contributed by atoms with Crippen LogP contribution < -0.4 is 16.8 Å². The lowest BCUT2D eigenvalue weighted by Gasteiger charge is -2.17. The summed E-state index contributed by atoms with van der Waals surface area (Å²) in [5, 5.41) is 5.40. The number of benzene rings is 3. The molecule has 0 bridgehead atoms. The Morgan fingerprint density at radius 3 is 2.07 bits per heavy atom. The highest BCUT2D eigenvalue weighted by atomic mass is 35.5.